The standard InChI is InChI=1S/C13H6Cl2F2O2/c14-8-2-1-3-11(12(8)15)19-13(18)7-4-5-9(16)10(17)6-7/h1-6H. The number of ether oxygens (including phenoxy) is 1. The van der Waals surface area contributed by atoms with Crippen LogP contribution in [0.5, 0.6) is 5.75 Å². The van der Waals surface area contributed by atoms with Crippen molar-refractivity contribution in [2.45, 2.75) is 0 Å². The number of halogens is 4. The average molecular weight is 303 g/mol. The summed E-state index contributed by atoms with van der Waals surface area (Å²) in [6, 6.07) is 7.20. The van der Waals surface area contributed by atoms with Gasteiger partial charge in [-0.25, -0.2) is 13.6 Å². The molecule has 98 valence electrons. The topological polar surface area (TPSA) is 26.3 Å². The summed E-state index contributed by atoms with van der Waals surface area (Å²) in [5.41, 5.74) is -0.130. The first-order valence-electron chi connectivity index (χ1n) is 5.10. The number of benzene rings is 2. The second kappa shape index (κ2) is 5.55. The largest absolute Gasteiger partial charge is 0.421 e. The van der Waals surface area contributed by atoms with E-state index in [0.717, 1.165) is 18.2 Å². The van der Waals surface area contributed by atoms with E-state index in [1.54, 1.807) is 6.07 Å². The number of hydrogen-bond acceptors (Lipinski definition) is 2. The van der Waals surface area contributed by atoms with Crippen LogP contribution in [0.4, 0.5) is 8.78 Å². The molecule has 0 fully saturated rings. The molecule has 6 heteroatoms. The Morgan fingerprint density at radius 2 is 1.79 bits per heavy atom. The van der Waals surface area contributed by atoms with Crippen molar-refractivity contribution in [3.05, 3.63) is 63.6 Å². The highest BCUT2D eigenvalue weighted by Gasteiger charge is 2.14. The van der Waals surface area contributed by atoms with Crippen molar-refractivity contribution in [3.8, 4) is 5.75 Å². The zero-order valence-electron chi connectivity index (χ0n) is 9.29. The molecule has 0 bridgehead atoms. The van der Waals surface area contributed by atoms with Crippen molar-refractivity contribution in [1.82, 2.24) is 0 Å². The molecule has 0 aliphatic rings. The van der Waals surface area contributed by atoms with Crippen LogP contribution < -0.4 is 4.74 Å². The Bertz CT molecular complexity index is 645. The molecule has 0 aliphatic carbocycles. The van der Waals surface area contributed by atoms with Gasteiger partial charge in [-0.1, -0.05) is 29.3 Å². The zero-order valence-corrected chi connectivity index (χ0v) is 10.8. The van der Waals surface area contributed by atoms with Crippen LogP contribution in [0.25, 0.3) is 0 Å². The first kappa shape index (κ1) is 13.8. The van der Waals surface area contributed by atoms with Crippen LogP contribution >= 0.6 is 23.2 Å². The van der Waals surface area contributed by atoms with Gasteiger partial charge in [0.25, 0.3) is 0 Å². The number of rotatable bonds is 2. The van der Waals surface area contributed by atoms with Crippen molar-refractivity contribution in [2.75, 3.05) is 0 Å². The lowest BCUT2D eigenvalue weighted by atomic mass is 10.2. The van der Waals surface area contributed by atoms with Crippen molar-refractivity contribution in [2.24, 2.45) is 0 Å². The van der Waals surface area contributed by atoms with Crippen LogP contribution in [-0.2, 0) is 0 Å². The molecule has 2 aromatic rings. The summed E-state index contributed by atoms with van der Waals surface area (Å²) in [7, 11) is 0. The maximum absolute atomic E-state index is 13.0. The molecule has 2 aromatic carbocycles. The molecule has 19 heavy (non-hydrogen) atoms. The molecular formula is C13H6Cl2F2O2. The van der Waals surface area contributed by atoms with Crippen LogP contribution in [0.3, 0.4) is 0 Å². The highest BCUT2D eigenvalue weighted by atomic mass is 35.5. The van der Waals surface area contributed by atoms with Crippen LogP contribution in [0, 0.1) is 11.6 Å². The van der Waals surface area contributed by atoms with Gasteiger partial charge in [0.15, 0.2) is 17.4 Å². The van der Waals surface area contributed by atoms with Gasteiger partial charge in [0.05, 0.1) is 10.6 Å². The van der Waals surface area contributed by atoms with E-state index >= 15 is 0 Å². The number of hydrogen-bond donors (Lipinski definition) is 0. The first-order chi connectivity index (χ1) is 8.99. The van der Waals surface area contributed by atoms with Gasteiger partial charge in [0.2, 0.25) is 0 Å². The molecule has 0 heterocycles. The molecule has 0 unspecified atom stereocenters. The summed E-state index contributed by atoms with van der Waals surface area (Å²) >= 11 is 11.6. The minimum atomic E-state index is -1.13. The van der Waals surface area contributed by atoms with Gasteiger partial charge in [-0.2, -0.15) is 0 Å². The molecule has 0 atom stereocenters. The van der Waals surface area contributed by atoms with E-state index in [1.165, 1.54) is 12.1 Å². The van der Waals surface area contributed by atoms with E-state index < -0.39 is 17.6 Å². The fraction of sp³-hybridized carbons (Fsp3) is 0. The molecular weight excluding hydrogens is 297 g/mol. The second-order valence-electron chi connectivity index (χ2n) is 3.57. The Balaban J connectivity index is 2.26. The molecule has 0 N–H and O–H groups in total. The van der Waals surface area contributed by atoms with Crippen molar-refractivity contribution in [1.29, 1.82) is 0 Å². The van der Waals surface area contributed by atoms with Crippen LogP contribution in [0.15, 0.2) is 36.4 Å². The Kier molecular flexibility index (Phi) is 4.02. The molecule has 0 saturated heterocycles. The second-order valence-corrected chi connectivity index (χ2v) is 4.36. The van der Waals surface area contributed by atoms with Gasteiger partial charge in [0.1, 0.15) is 5.02 Å². The molecule has 0 spiro atoms. The Labute approximate surface area is 117 Å². The minimum Gasteiger partial charge on any atom is -0.421 e. The SMILES string of the molecule is O=C(Oc1cccc(Cl)c1Cl)c1ccc(F)c(F)c1. The normalized spacial score (nSPS) is 10.3. The lowest BCUT2D eigenvalue weighted by Gasteiger charge is -2.07. The zero-order chi connectivity index (χ0) is 14.0. The predicted molar refractivity (Wildman–Crippen MR) is 67.8 cm³/mol. The Hall–Kier alpha value is -1.65. The van der Waals surface area contributed by atoms with Crippen LogP contribution in [0.2, 0.25) is 10.0 Å². The number of carbonyl (C=O) groups excluding carboxylic acids is 1. The smallest absolute Gasteiger partial charge is 0.343 e. The molecule has 0 amide bonds. The fourth-order valence-electron chi connectivity index (χ4n) is 1.34. The van der Waals surface area contributed by atoms with E-state index in [-0.39, 0.29) is 21.4 Å². The Morgan fingerprint density at radius 1 is 1.05 bits per heavy atom. The monoisotopic (exact) mass is 302 g/mol. The van der Waals surface area contributed by atoms with Gasteiger partial charge in [0, 0.05) is 0 Å². The molecule has 0 aromatic heterocycles. The quantitative estimate of drug-likeness (QED) is 0.603. The average Bonchev–Trinajstić information content (AvgIpc) is 2.38. The summed E-state index contributed by atoms with van der Waals surface area (Å²) < 4.78 is 30.7. The summed E-state index contributed by atoms with van der Waals surface area (Å²) in [5, 5.41) is 0.289. The minimum absolute atomic E-state index is 0.0453. The van der Waals surface area contributed by atoms with E-state index in [0.29, 0.717) is 0 Å². The fourth-order valence-corrected chi connectivity index (χ4v) is 1.68. The molecule has 0 radical (unpaired) electrons. The third-order valence-corrected chi connectivity index (χ3v) is 3.08. The maximum atomic E-state index is 13.0. The van der Waals surface area contributed by atoms with E-state index in [2.05, 4.69) is 0 Å². The molecule has 2 nitrogen and oxygen atoms in total. The van der Waals surface area contributed by atoms with E-state index in [4.69, 9.17) is 27.9 Å². The van der Waals surface area contributed by atoms with Gasteiger partial charge in [-0.3, -0.25) is 0 Å². The number of carbonyl (C=O) groups is 1. The summed E-state index contributed by atoms with van der Waals surface area (Å²) in [6.45, 7) is 0. The molecule has 0 saturated carbocycles. The number of esters is 1. The molecule has 2 rings (SSSR count). The van der Waals surface area contributed by atoms with Crippen LogP contribution in [-0.4, -0.2) is 5.97 Å². The van der Waals surface area contributed by atoms with Gasteiger partial charge in [-0.05, 0) is 30.3 Å². The van der Waals surface area contributed by atoms with Crippen molar-refractivity contribution < 1.29 is 18.3 Å². The van der Waals surface area contributed by atoms with Gasteiger partial charge in [-0.15, -0.1) is 0 Å². The highest BCUT2D eigenvalue weighted by Crippen LogP contribution is 2.31. The van der Waals surface area contributed by atoms with Crippen molar-refractivity contribution >= 4 is 29.2 Å². The summed E-state index contributed by atoms with van der Waals surface area (Å²) in [5.74, 6) is -2.99. The summed E-state index contributed by atoms with van der Waals surface area (Å²) in [6.07, 6.45) is 0. The van der Waals surface area contributed by atoms with Crippen molar-refractivity contribution in [3.63, 3.8) is 0 Å². The van der Waals surface area contributed by atoms with Gasteiger partial charge < -0.3 is 4.74 Å². The third kappa shape index (κ3) is 3.03. The predicted octanol–water partition coefficient (Wildman–Crippen LogP) is 4.49. The first-order valence-corrected chi connectivity index (χ1v) is 5.86. The van der Waals surface area contributed by atoms with E-state index in [1.807, 2.05) is 0 Å². The lowest BCUT2D eigenvalue weighted by Crippen LogP contribution is -2.09. The Morgan fingerprint density at radius 3 is 2.47 bits per heavy atom. The summed E-state index contributed by atoms with van der Waals surface area (Å²) in [4.78, 5) is 11.7. The highest BCUT2D eigenvalue weighted by molar-refractivity contribution is 6.43. The maximum Gasteiger partial charge on any atom is 0.343 e. The lowest BCUT2D eigenvalue weighted by molar-refractivity contribution is 0.0734. The van der Waals surface area contributed by atoms with Crippen LogP contribution in [0.1, 0.15) is 10.4 Å². The third-order valence-electron chi connectivity index (χ3n) is 2.27. The van der Waals surface area contributed by atoms with E-state index in [9.17, 15) is 13.6 Å². The molecule has 0 aliphatic heterocycles. The van der Waals surface area contributed by atoms with Gasteiger partial charge >= 0.3 is 5.97 Å².